The molecule has 0 aliphatic heterocycles. The molecule has 24 heavy (non-hydrogen) atoms. The number of carbonyl (C=O) groups excluding carboxylic acids is 1. The van der Waals surface area contributed by atoms with Crippen LogP contribution >= 0.6 is 24.2 Å². The summed E-state index contributed by atoms with van der Waals surface area (Å²) in [5, 5.41) is 3.05. The van der Waals surface area contributed by atoms with Crippen LogP contribution in [-0.2, 0) is 11.2 Å². The van der Waals surface area contributed by atoms with Crippen LogP contribution in [0.4, 0.5) is 5.69 Å². The highest BCUT2D eigenvalue weighted by molar-refractivity contribution is 7.99. The molecule has 0 spiro atoms. The van der Waals surface area contributed by atoms with Gasteiger partial charge in [0.05, 0.1) is 6.04 Å². The van der Waals surface area contributed by atoms with E-state index in [0.717, 1.165) is 22.6 Å². The normalized spacial score (nSPS) is 11.4. The average Bonchev–Trinajstić information content (AvgIpc) is 2.55. The summed E-state index contributed by atoms with van der Waals surface area (Å²) in [4.78, 5) is 13.4. The van der Waals surface area contributed by atoms with Crippen molar-refractivity contribution in [3.8, 4) is 0 Å². The molecule has 1 amide bonds. The van der Waals surface area contributed by atoms with Crippen molar-refractivity contribution in [1.29, 1.82) is 0 Å². The summed E-state index contributed by atoms with van der Waals surface area (Å²) >= 11 is 1.82. The maximum absolute atomic E-state index is 12.1. The first-order valence-corrected chi connectivity index (χ1v) is 8.94. The van der Waals surface area contributed by atoms with Crippen molar-refractivity contribution in [3.63, 3.8) is 0 Å². The van der Waals surface area contributed by atoms with Gasteiger partial charge in [-0.1, -0.05) is 37.3 Å². The van der Waals surface area contributed by atoms with Crippen molar-refractivity contribution >= 4 is 35.8 Å². The number of benzene rings is 2. The number of nitrogen functional groups attached to an aromatic ring is 1. The molecule has 0 fully saturated rings. The van der Waals surface area contributed by atoms with Gasteiger partial charge in [0.15, 0.2) is 0 Å². The first-order valence-electron chi connectivity index (χ1n) is 7.95. The zero-order valence-corrected chi connectivity index (χ0v) is 15.8. The predicted molar refractivity (Wildman–Crippen MR) is 106 cm³/mol. The number of amides is 1. The average molecular weight is 365 g/mol. The Morgan fingerprint density at radius 2 is 1.83 bits per heavy atom. The minimum Gasteiger partial charge on any atom is -0.399 e. The highest BCUT2D eigenvalue weighted by Crippen LogP contribution is 2.21. The Morgan fingerprint density at radius 3 is 2.46 bits per heavy atom. The van der Waals surface area contributed by atoms with Crippen LogP contribution in [-0.4, -0.2) is 11.7 Å². The topological polar surface area (TPSA) is 55.1 Å². The van der Waals surface area contributed by atoms with E-state index in [1.54, 1.807) is 0 Å². The third-order valence-electron chi connectivity index (χ3n) is 3.75. The van der Waals surface area contributed by atoms with Crippen molar-refractivity contribution < 1.29 is 4.79 Å². The summed E-state index contributed by atoms with van der Waals surface area (Å²) in [6.07, 6.45) is 1.11. The van der Waals surface area contributed by atoms with E-state index in [-0.39, 0.29) is 24.4 Å². The maximum atomic E-state index is 12.1. The third-order valence-corrected chi connectivity index (χ3v) is 4.64. The van der Waals surface area contributed by atoms with E-state index in [1.807, 2.05) is 43.0 Å². The number of nitrogens with one attached hydrogen (secondary N) is 1. The van der Waals surface area contributed by atoms with Gasteiger partial charge in [0.1, 0.15) is 0 Å². The van der Waals surface area contributed by atoms with Crippen molar-refractivity contribution in [1.82, 2.24) is 5.32 Å². The lowest BCUT2D eigenvalue weighted by Gasteiger charge is -2.15. The van der Waals surface area contributed by atoms with Crippen LogP contribution in [0.5, 0.6) is 0 Å². The van der Waals surface area contributed by atoms with Gasteiger partial charge < -0.3 is 11.1 Å². The number of aryl methyl sites for hydroxylation is 1. The Hall–Kier alpha value is -1.65. The van der Waals surface area contributed by atoms with Crippen LogP contribution in [0.25, 0.3) is 0 Å². The number of anilines is 1. The van der Waals surface area contributed by atoms with Gasteiger partial charge in [-0.2, -0.15) is 0 Å². The molecule has 0 bridgehead atoms. The molecule has 2 aromatic carbocycles. The number of carbonyl (C=O) groups is 1. The number of halogens is 1. The molecule has 0 saturated carbocycles. The van der Waals surface area contributed by atoms with E-state index < -0.39 is 0 Å². The van der Waals surface area contributed by atoms with Crippen LogP contribution in [0.1, 0.15) is 37.4 Å². The van der Waals surface area contributed by atoms with Crippen molar-refractivity contribution in [2.75, 3.05) is 11.5 Å². The predicted octanol–water partition coefficient (Wildman–Crippen LogP) is 4.61. The van der Waals surface area contributed by atoms with Gasteiger partial charge in [0, 0.05) is 17.0 Å². The Balaban J connectivity index is 0.00000288. The summed E-state index contributed by atoms with van der Waals surface area (Å²) in [6, 6.07) is 16.1. The van der Waals surface area contributed by atoms with E-state index in [9.17, 15) is 4.79 Å². The molecule has 2 aromatic rings. The Kier molecular flexibility index (Phi) is 8.72. The van der Waals surface area contributed by atoms with Crippen LogP contribution in [0.15, 0.2) is 53.4 Å². The number of thioether (sulfide) groups is 1. The second-order valence-corrected chi connectivity index (χ2v) is 6.83. The van der Waals surface area contributed by atoms with Crippen molar-refractivity contribution in [3.05, 3.63) is 59.7 Å². The second-order valence-electron chi connectivity index (χ2n) is 5.49. The van der Waals surface area contributed by atoms with Gasteiger partial charge >= 0.3 is 0 Å². The minimum atomic E-state index is 0. The number of nitrogens with two attached hydrogens (primary N) is 1. The van der Waals surface area contributed by atoms with Gasteiger partial charge in [-0.15, -0.1) is 24.2 Å². The second kappa shape index (κ2) is 10.3. The molecular weight excluding hydrogens is 340 g/mol. The summed E-state index contributed by atoms with van der Waals surface area (Å²) in [7, 11) is 0. The summed E-state index contributed by atoms with van der Waals surface area (Å²) < 4.78 is 0. The molecule has 0 aliphatic carbocycles. The van der Waals surface area contributed by atoms with Crippen LogP contribution in [0.3, 0.4) is 0 Å². The fourth-order valence-electron chi connectivity index (χ4n) is 2.43. The van der Waals surface area contributed by atoms with Crippen LogP contribution in [0.2, 0.25) is 0 Å². The molecule has 0 radical (unpaired) electrons. The molecule has 5 heteroatoms. The molecule has 3 N–H and O–H groups in total. The zero-order chi connectivity index (χ0) is 16.7. The van der Waals surface area contributed by atoms with Crippen molar-refractivity contribution in [2.45, 2.75) is 37.6 Å². The lowest BCUT2D eigenvalue weighted by atomic mass is 10.1. The van der Waals surface area contributed by atoms with E-state index in [1.165, 1.54) is 4.90 Å². The minimum absolute atomic E-state index is 0. The van der Waals surface area contributed by atoms with Gasteiger partial charge in [-0.05, 0) is 48.4 Å². The molecular formula is C19H25ClN2OS. The van der Waals surface area contributed by atoms with E-state index >= 15 is 0 Å². The number of para-hydroxylation sites is 1. The van der Waals surface area contributed by atoms with Crippen molar-refractivity contribution in [2.24, 2.45) is 0 Å². The molecule has 0 aromatic heterocycles. The molecule has 0 aliphatic rings. The van der Waals surface area contributed by atoms with Gasteiger partial charge in [-0.25, -0.2) is 0 Å². The number of hydrogen-bond donors (Lipinski definition) is 2. The fourth-order valence-corrected chi connectivity index (χ4v) is 3.09. The SMILES string of the molecule is CCSc1ccc(C(C)NC(=O)CCc2ccccc2N)cc1.Cl. The van der Waals surface area contributed by atoms with Gasteiger partial charge in [0.2, 0.25) is 5.91 Å². The molecule has 1 unspecified atom stereocenters. The monoisotopic (exact) mass is 364 g/mol. The Bertz CT molecular complexity index is 646. The quantitative estimate of drug-likeness (QED) is 0.557. The molecule has 0 saturated heterocycles. The lowest BCUT2D eigenvalue weighted by molar-refractivity contribution is -0.121. The van der Waals surface area contributed by atoms with Crippen LogP contribution < -0.4 is 11.1 Å². The first kappa shape index (κ1) is 20.4. The maximum Gasteiger partial charge on any atom is 0.220 e. The fraction of sp³-hybridized carbons (Fsp3) is 0.316. The molecule has 0 heterocycles. The smallest absolute Gasteiger partial charge is 0.220 e. The highest BCUT2D eigenvalue weighted by Gasteiger charge is 2.10. The third kappa shape index (κ3) is 6.10. The van der Waals surface area contributed by atoms with Gasteiger partial charge in [0.25, 0.3) is 0 Å². The molecule has 1 atom stereocenters. The number of rotatable bonds is 7. The molecule has 130 valence electrons. The van der Waals surface area contributed by atoms with Crippen LogP contribution in [0, 0.1) is 0 Å². The molecule has 2 rings (SSSR count). The Labute approximate surface area is 154 Å². The summed E-state index contributed by atoms with van der Waals surface area (Å²) in [5.74, 6) is 1.11. The standard InChI is InChI=1S/C19H24N2OS.ClH/c1-3-23-17-11-8-15(9-12-17)14(2)21-19(22)13-10-16-6-4-5-7-18(16)20;/h4-9,11-12,14H,3,10,13,20H2,1-2H3,(H,21,22);1H. The first-order chi connectivity index (χ1) is 11.1. The van der Waals surface area contributed by atoms with Gasteiger partial charge in [-0.3, -0.25) is 4.79 Å². The Morgan fingerprint density at radius 1 is 1.17 bits per heavy atom. The summed E-state index contributed by atoms with van der Waals surface area (Å²) in [5.41, 5.74) is 8.80. The largest absolute Gasteiger partial charge is 0.399 e. The van der Waals surface area contributed by atoms with E-state index in [2.05, 4.69) is 36.5 Å². The number of hydrogen-bond acceptors (Lipinski definition) is 3. The summed E-state index contributed by atoms with van der Waals surface area (Å²) in [6.45, 7) is 4.15. The van der Waals surface area contributed by atoms with E-state index in [4.69, 9.17) is 5.73 Å². The highest BCUT2D eigenvalue weighted by atomic mass is 35.5. The zero-order valence-electron chi connectivity index (χ0n) is 14.1. The lowest BCUT2D eigenvalue weighted by Crippen LogP contribution is -2.26. The molecule has 3 nitrogen and oxygen atoms in total. The van der Waals surface area contributed by atoms with E-state index in [0.29, 0.717) is 12.8 Å².